The highest BCUT2D eigenvalue weighted by atomic mass is 16.5. The summed E-state index contributed by atoms with van der Waals surface area (Å²) in [6.45, 7) is 4.70. The molecule has 54 valence electrons. The highest BCUT2D eigenvalue weighted by Gasteiger charge is 2.04. The van der Waals surface area contributed by atoms with Gasteiger partial charge in [-0.3, -0.25) is 4.79 Å². The minimum absolute atomic E-state index is 0.170. The van der Waals surface area contributed by atoms with E-state index in [4.69, 9.17) is 5.26 Å². The summed E-state index contributed by atoms with van der Waals surface area (Å²) in [6, 6.07) is 1.88. The monoisotopic (exact) mass is 139 g/mol. The molecule has 0 aliphatic heterocycles. The maximum absolute atomic E-state index is 10.3. The first-order valence-electron chi connectivity index (χ1n) is 2.87. The fourth-order valence-corrected chi connectivity index (χ4v) is 0.476. The van der Waals surface area contributed by atoms with Crippen molar-refractivity contribution in [3.63, 3.8) is 0 Å². The highest BCUT2D eigenvalue weighted by Crippen LogP contribution is 1.97. The van der Waals surface area contributed by atoms with Gasteiger partial charge in [-0.2, -0.15) is 5.26 Å². The molecule has 0 N–H and O–H groups in total. The lowest BCUT2D eigenvalue weighted by Crippen LogP contribution is -2.12. The van der Waals surface area contributed by atoms with E-state index in [0.29, 0.717) is 0 Å². The second-order valence-electron chi connectivity index (χ2n) is 1.75. The Labute approximate surface area is 59.9 Å². The molecule has 3 heteroatoms. The fraction of sp³-hybridized carbons (Fsp3) is 0.429. The van der Waals surface area contributed by atoms with Crippen LogP contribution in [0.1, 0.15) is 13.3 Å². The van der Waals surface area contributed by atoms with E-state index in [1.54, 1.807) is 0 Å². The topological polar surface area (TPSA) is 50.1 Å². The molecule has 0 bridgehead atoms. The molecule has 0 saturated heterocycles. The zero-order chi connectivity index (χ0) is 7.98. The third kappa shape index (κ3) is 3.67. The van der Waals surface area contributed by atoms with Crippen LogP contribution in [0.3, 0.4) is 0 Å². The van der Waals surface area contributed by atoms with E-state index in [-0.39, 0.29) is 12.4 Å². The second kappa shape index (κ2) is 4.57. The number of nitrogens with zero attached hydrogens (tertiary/aromatic N) is 1. The summed E-state index contributed by atoms with van der Waals surface area (Å²) >= 11 is 0. The van der Waals surface area contributed by atoms with Gasteiger partial charge in [0.15, 0.2) is 0 Å². The number of carbonyl (C=O) groups excluding carboxylic acids is 1. The standard InChI is InChI=1S/C7H9NO2/c1-3-7(4-5-8)10-6(2)9/h3,7H,1,4H2,2H3/t7-/m1/s1. The highest BCUT2D eigenvalue weighted by molar-refractivity contribution is 5.66. The van der Waals surface area contributed by atoms with Crippen molar-refractivity contribution in [1.29, 1.82) is 5.26 Å². The molecule has 0 amide bonds. The van der Waals surface area contributed by atoms with Crippen LogP contribution in [0.2, 0.25) is 0 Å². The van der Waals surface area contributed by atoms with Crippen LogP contribution in [0.15, 0.2) is 12.7 Å². The Morgan fingerprint density at radius 1 is 2.00 bits per heavy atom. The molecule has 0 aromatic rings. The van der Waals surface area contributed by atoms with Gasteiger partial charge in [-0.15, -0.1) is 0 Å². The summed E-state index contributed by atoms with van der Waals surface area (Å²) in [6.07, 6.45) is 1.15. The van der Waals surface area contributed by atoms with E-state index in [0.717, 1.165) is 0 Å². The van der Waals surface area contributed by atoms with Crippen molar-refractivity contribution in [3.8, 4) is 6.07 Å². The van der Waals surface area contributed by atoms with Gasteiger partial charge in [-0.05, 0) is 0 Å². The third-order valence-electron chi connectivity index (χ3n) is 0.873. The Morgan fingerprint density at radius 2 is 2.60 bits per heavy atom. The Morgan fingerprint density at radius 3 is 2.90 bits per heavy atom. The molecule has 0 radical (unpaired) electrons. The van der Waals surface area contributed by atoms with Crippen LogP contribution in [0, 0.1) is 11.3 Å². The van der Waals surface area contributed by atoms with Gasteiger partial charge in [-0.1, -0.05) is 12.7 Å². The summed E-state index contributed by atoms with van der Waals surface area (Å²) in [4.78, 5) is 10.3. The zero-order valence-electron chi connectivity index (χ0n) is 5.83. The average molecular weight is 139 g/mol. The Bertz CT molecular complexity index is 169. The number of hydrogen-bond donors (Lipinski definition) is 0. The molecule has 0 rings (SSSR count). The molecule has 0 aliphatic carbocycles. The number of ether oxygens (including phenoxy) is 1. The second-order valence-corrected chi connectivity index (χ2v) is 1.75. The molecule has 0 heterocycles. The van der Waals surface area contributed by atoms with Gasteiger partial charge in [0.05, 0.1) is 12.5 Å². The molecule has 10 heavy (non-hydrogen) atoms. The first-order valence-corrected chi connectivity index (χ1v) is 2.87. The van der Waals surface area contributed by atoms with Crippen molar-refractivity contribution in [2.75, 3.05) is 0 Å². The number of nitriles is 1. The lowest BCUT2D eigenvalue weighted by atomic mass is 10.3. The minimum atomic E-state index is -0.456. The van der Waals surface area contributed by atoms with Crippen LogP contribution in [0.4, 0.5) is 0 Å². The molecule has 1 atom stereocenters. The maximum Gasteiger partial charge on any atom is 0.303 e. The van der Waals surface area contributed by atoms with Gasteiger partial charge in [0, 0.05) is 6.92 Å². The quantitative estimate of drug-likeness (QED) is 0.433. The molecular formula is C7H9NO2. The molecule has 0 unspecified atom stereocenters. The van der Waals surface area contributed by atoms with Crippen LogP contribution >= 0.6 is 0 Å². The molecule has 0 aromatic heterocycles. The summed E-state index contributed by atoms with van der Waals surface area (Å²) in [5.74, 6) is -0.389. The van der Waals surface area contributed by atoms with E-state index in [1.807, 2.05) is 6.07 Å². The lowest BCUT2D eigenvalue weighted by Gasteiger charge is -2.06. The van der Waals surface area contributed by atoms with Crippen molar-refractivity contribution < 1.29 is 9.53 Å². The van der Waals surface area contributed by atoms with Gasteiger partial charge < -0.3 is 4.74 Å². The molecule has 0 aromatic carbocycles. The Balaban J connectivity index is 3.73. The van der Waals surface area contributed by atoms with E-state index in [2.05, 4.69) is 11.3 Å². The van der Waals surface area contributed by atoms with Gasteiger partial charge in [0.1, 0.15) is 6.10 Å². The van der Waals surface area contributed by atoms with Gasteiger partial charge >= 0.3 is 5.97 Å². The Hall–Kier alpha value is -1.30. The molecule has 3 nitrogen and oxygen atoms in total. The predicted molar refractivity (Wildman–Crippen MR) is 36.0 cm³/mol. The summed E-state index contributed by atoms with van der Waals surface area (Å²) in [7, 11) is 0. The SMILES string of the molecule is C=C[C@H](CC#N)OC(C)=O. The summed E-state index contributed by atoms with van der Waals surface area (Å²) in [5, 5.41) is 8.19. The third-order valence-corrected chi connectivity index (χ3v) is 0.873. The number of carbonyl (C=O) groups is 1. The van der Waals surface area contributed by atoms with Crippen molar-refractivity contribution in [1.82, 2.24) is 0 Å². The Kier molecular flexibility index (Phi) is 3.97. The lowest BCUT2D eigenvalue weighted by molar-refractivity contribution is -0.143. The van der Waals surface area contributed by atoms with Gasteiger partial charge in [0.2, 0.25) is 0 Å². The largest absolute Gasteiger partial charge is 0.457 e. The smallest absolute Gasteiger partial charge is 0.303 e. The first-order chi connectivity index (χ1) is 4.70. The molecule has 0 fully saturated rings. The van der Waals surface area contributed by atoms with Crippen molar-refractivity contribution >= 4 is 5.97 Å². The molecule has 0 spiro atoms. The van der Waals surface area contributed by atoms with Crippen LogP contribution in [0.5, 0.6) is 0 Å². The van der Waals surface area contributed by atoms with Crippen LogP contribution in [0.25, 0.3) is 0 Å². The first kappa shape index (κ1) is 8.70. The predicted octanol–water partition coefficient (Wildman–Crippen LogP) is 1.02. The van der Waals surface area contributed by atoms with Crippen LogP contribution < -0.4 is 0 Å². The fourth-order valence-electron chi connectivity index (χ4n) is 0.476. The van der Waals surface area contributed by atoms with Crippen molar-refractivity contribution in [2.24, 2.45) is 0 Å². The molecular weight excluding hydrogens is 130 g/mol. The van der Waals surface area contributed by atoms with E-state index in [9.17, 15) is 4.79 Å². The van der Waals surface area contributed by atoms with Gasteiger partial charge in [0.25, 0.3) is 0 Å². The van der Waals surface area contributed by atoms with Crippen LogP contribution in [-0.2, 0) is 9.53 Å². The summed E-state index contributed by atoms with van der Waals surface area (Å²) in [5.41, 5.74) is 0. The number of hydrogen-bond acceptors (Lipinski definition) is 3. The average Bonchev–Trinajstić information content (AvgIpc) is 1.86. The minimum Gasteiger partial charge on any atom is -0.457 e. The zero-order valence-corrected chi connectivity index (χ0v) is 5.83. The maximum atomic E-state index is 10.3. The number of esters is 1. The molecule has 0 saturated carbocycles. The van der Waals surface area contributed by atoms with E-state index in [1.165, 1.54) is 13.0 Å². The van der Waals surface area contributed by atoms with Crippen molar-refractivity contribution in [2.45, 2.75) is 19.4 Å². The van der Waals surface area contributed by atoms with Gasteiger partial charge in [-0.25, -0.2) is 0 Å². The van der Waals surface area contributed by atoms with E-state index < -0.39 is 6.10 Å². The normalized spacial score (nSPS) is 11.2. The number of rotatable bonds is 3. The van der Waals surface area contributed by atoms with Crippen molar-refractivity contribution in [3.05, 3.63) is 12.7 Å². The summed E-state index contributed by atoms with van der Waals surface area (Å²) < 4.78 is 4.66. The molecule has 0 aliphatic rings. The van der Waals surface area contributed by atoms with E-state index >= 15 is 0 Å². The van der Waals surface area contributed by atoms with Crippen LogP contribution in [-0.4, -0.2) is 12.1 Å².